The van der Waals surface area contributed by atoms with Crippen LogP contribution in [0.3, 0.4) is 0 Å². The summed E-state index contributed by atoms with van der Waals surface area (Å²) in [6.45, 7) is 0. The highest BCUT2D eigenvalue weighted by atomic mass is 32.2. The van der Waals surface area contributed by atoms with E-state index in [0.717, 1.165) is 6.20 Å². The molecule has 3 N–H and O–H groups in total. The fourth-order valence-corrected chi connectivity index (χ4v) is 2.98. The monoisotopic (exact) mass is 278 g/mol. The molecule has 2 rings (SSSR count). The van der Waals surface area contributed by atoms with E-state index in [2.05, 4.69) is 4.98 Å². The summed E-state index contributed by atoms with van der Waals surface area (Å²) < 4.78 is 24.7. The first-order valence-electron chi connectivity index (χ1n) is 5.22. The van der Waals surface area contributed by atoms with Crippen LogP contribution in [0.1, 0.15) is 10.5 Å². The molecule has 2 aromatic rings. The lowest BCUT2D eigenvalue weighted by Gasteiger charge is -2.08. The van der Waals surface area contributed by atoms with Crippen molar-refractivity contribution in [2.45, 2.75) is 9.79 Å². The van der Waals surface area contributed by atoms with Crippen molar-refractivity contribution in [3.05, 3.63) is 48.3 Å². The number of nitrogens with zero attached hydrogens (tertiary/aromatic N) is 1. The Morgan fingerprint density at radius 3 is 2.37 bits per heavy atom. The molecular formula is C12H10N2O4S. The number of hydrogen-bond donors (Lipinski definition) is 2. The highest BCUT2D eigenvalue weighted by Gasteiger charge is 2.24. The Hall–Kier alpha value is -2.41. The molecule has 0 fully saturated rings. The van der Waals surface area contributed by atoms with Gasteiger partial charge in [-0.2, -0.15) is 0 Å². The topological polar surface area (TPSA) is 110 Å². The van der Waals surface area contributed by atoms with Crippen LogP contribution in [0.5, 0.6) is 0 Å². The zero-order valence-corrected chi connectivity index (χ0v) is 10.5. The highest BCUT2D eigenvalue weighted by molar-refractivity contribution is 7.91. The van der Waals surface area contributed by atoms with Crippen molar-refractivity contribution in [1.82, 2.24) is 4.98 Å². The van der Waals surface area contributed by atoms with Gasteiger partial charge >= 0.3 is 5.97 Å². The molecule has 0 atom stereocenters. The number of nitrogens with two attached hydrogens (primary N) is 1. The molecule has 1 aromatic carbocycles. The molecule has 0 aliphatic carbocycles. The minimum atomic E-state index is -3.85. The van der Waals surface area contributed by atoms with Crippen molar-refractivity contribution >= 4 is 21.5 Å². The molecule has 0 aliphatic rings. The van der Waals surface area contributed by atoms with Gasteiger partial charge in [0.1, 0.15) is 0 Å². The van der Waals surface area contributed by atoms with Gasteiger partial charge in [0.15, 0.2) is 5.69 Å². The molecule has 0 unspecified atom stereocenters. The molecule has 0 amide bonds. The van der Waals surface area contributed by atoms with Gasteiger partial charge in [-0.25, -0.2) is 18.2 Å². The second-order valence-electron chi connectivity index (χ2n) is 3.69. The maximum Gasteiger partial charge on any atom is 0.356 e. The molecule has 98 valence electrons. The first-order chi connectivity index (χ1) is 8.94. The normalized spacial score (nSPS) is 11.2. The Labute approximate surface area is 109 Å². The van der Waals surface area contributed by atoms with E-state index >= 15 is 0 Å². The Morgan fingerprint density at radius 2 is 1.79 bits per heavy atom. The van der Waals surface area contributed by atoms with Crippen LogP contribution in [-0.2, 0) is 9.84 Å². The summed E-state index contributed by atoms with van der Waals surface area (Å²) in [5.41, 5.74) is 4.75. The SMILES string of the molecule is Nc1c(S(=O)(=O)c2ccccc2)ccnc1C(=O)O. The summed E-state index contributed by atoms with van der Waals surface area (Å²) in [5, 5.41) is 8.89. The lowest BCUT2D eigenvalue weighted by Crippen LogP contribution is -2.12. The number of pyridine rings is 1. The quantitative estimate of drug-likeness (QED) is 0.872. The van der Waals surface area contributed by atoms with E-state index < -0.39 is 21.5 Å². The number of carboxylic acid groups (broad SMARTS) is 1. The molecule has 0 saturated heterocycles. The number of aromatic nitrogens is 1. The van der Waals surface area contributed by atoms with Crippen molar-refractivity contribution in [1.29, 1.82) is 0 Å². The van der Waals surface area contributed by atoms with E-state index in [1.165, 1.54) is 18.2 Å². The first-order valence-corrected chi connectivity index (χ1v) is 6.71. The second-order valence-corrected chi connectivity index (χ2v) is 5.61. The van der Waals surface area contributed by atoms with E-state index in [1.54, 1.807) is 18.2 Å². The molecule has 6 nitrogen and oxygen atoms in total. The standard InChI is InChI=1S/C12H10N2O4S/c13-10-9(6-7-14-11(10)12(15)16)19(17,18)8-4-2-1-3-5-8/h1-7H,13H2,(H,15,16). The number of hydrogen-bond acceptors (Lipinski definition) is 5. The van der Waals surface area contributed by atoms with E-state index in [9.17, 15) is 13.2 Å². The summed E-state index contributed by atoms with van der Waals surface area (Å²) in [6.07, 6.45) is 1.11. The van der Waals surface area contributed by atoms with Crippen molar-refractivity contribution in [3.63, 3.8) is 0 Å². The van der Waals surface area contributed by atoms with E-state index in [-0.39, 0.29) is 15.5 Å². The number of carboxylic acids is 1. The van der Waals surface area contributed by atoms with Crippen LogP contribution in [-0.4, -0.2) is 24.5 Å². The largest absolute Gasteiger partial charge is 0.476 e. The van der Waals surface area contributed by atoms with Crippen molar-refractivity contribution in [2.24, 2.45) is 0 Å². The average Bonchev–Trinajstić information content (AvgIpc) is 2.39. The smallest absolute Gasteiger partial charge is 0.356 e. The van der Waals surface area contributed by atoms with Gasteiger partial charge in [-0.05, 0) is 18.2 Å². The van der Waals surface area contributed by atoms with Crippen molar-refractivity contribution in [3.8, 4) is 0 Å². The number of benzene rings is 1. The number of anilines is 1. The van der Waals surface area contributed by atoms with Crippen LogP contribution < -0.4 is 5.73 Å². The summed E-state index contributed by atoms with van der Waals surface area (Å²) in [7, 11) is -3.85. The molecule has 0 bridgehead atoms. The molecular weight excluding hydrogens is 268 g/mol. The Balaban J connectivity index is 2.66. The minimum absolute atomic E-state index is 0.0456. The lowest BCUT2D eigenvalue weighted by atomic mass is 10.3. The van der Waals surface area contributed by atoms with Gasteiger partial charge < -0.3 is 10.8 Å². The van der Waals surface area contributed by atoms with Gasteiger partial charge in [-0.15, -0.1) is 0 Å². The summed E-state index contributed by atoms with van der Waals surface area (Å²) in [4.78, 5) is 14.2. The number of aromatic carboxylic acids is 1. The highest BCUT2D eigenvalue weighted by Crippen LogP contribution is 2.26. The van der Waals surface area contributed by atoms with Crippen LogP contribution in [0, 0.1) is 0 Å². The number of carbonyl (C=O) groups is 1. The molecule has 19 heavy (non-hydrogen) atoms. The van der Waals surface area contributed by atoms with Crippen LogP contribution in [0.25, 0.3) is 0 Å². The molecule has 0 spiro atoms. The molecule has 1 heterocycles. The summed E-state index contributed by atoms with van der Waals surface area (Å²) >= 11 is 0. The van der Waals surface area contributed by atoms with Crippen LogP contribution in [0.15, 0.2) is 52.4 Å². The molecule has 0 saturated carbocycles. The van der Waals surface area contributed by atoms with Crippen LogP contribution in [0.2, 0.25) is 0 Å². The minimum Gasteiger partial charge on any atom is -0.476 e. The summed E-state index contributed by atoms with van der Waals surface area (Å²) in [6, 6.07) is 8.83. The number of rotatable bonds is 3. The average molecular weight is 278 g/mol. The summed E-state index contributed by atoms with van der Waals surface area (Å²) in [5.74, 6) is -1.37. The van der Waals surface area contributed by atoms with Crippen LogP contribution in [0.4, 0.5) is 5.69 Å². The van der Waals surface area contributed by atoms with Gasteiger partial charge in [-0.3, -0.25) is 0 Å². The van der Waals surface area contributed by atoms with Gasteiger partial charge in [-0.1, -0.05) is 18.2 Å². The molecule has 0 radical (unpaired) electrons. The fourth-order valence-electron chi connectivity index (χ4n) is 1.59. The van der Waals surface area contributed by atoms with E-state index in [4.69, 9.17) is 10.8 Å². The van der Waals surface area contributed by atoms with Gasteiger partial charge in [0.05, 0.1) is 15.5 Å². The van der Waals surface area contributed by atoms with Crippen molar-refractivity contribution in [2.75, 3.05) is 5.73 Å². The predicted octanol–water partition coefficient (Wildman–Crippen LogP) is 1.19. The first kappa shape index (κ1) is 13.0. The zero-order valence-electron chi connectivity index (χ0n) is 9.65. The molecule has 0 aliphatic heterocycles. The fraction of sp³-hybridized carbons (Fsp3) is 0. The van der Waals surface area contributed by atoms with E-state index in [1.807, 2.05) is 0 Å². The van der Waals surface area contributed by atoms with Gasteiger partial charge in [0.25, 0.3) is 0 Å². The Bertz CT molecular complexity index is 727. The maximum atomic E-state index is 12.3. The van der Waals surface area contributed by atoms with E-state index in [0.29, 0.717) is 0 Å². The third kappa shape index (κ3) is 2.27. The van der Waals surface area contributed by atoms with Gasteiger partial charge in [0, 0.05) is 6.20 Å². The number of sulfone groups is 1. The zero-order chi connectivity index (χ0) is 14.0. The third-order valence-corrected chi connectivity index (χ3v) is 4.32. The number of nitrogen functional groups attached to an aromatic ring is 1. The Kier molecular flexibility index (Phi) is 3.22. The molecule has 1 aromatic heterocycles. The third-order valence-electron chi connectivity index (χ3n) is 2.50. The lowest BCUT2D eigenvalue weighted by molar-refractivity contribution is 0.0691. The maximum absolute atomic E-state index is 12.3. The Morgan fingerprint density at radius 1 is 1.16 bits per heavy atom. The predicted molar refractivity (Wildman–Crippen MR) is 67.5 cm³/mol. The second kappa shape index (κ2) is 4.69. The molecule has 7 heteroatoms. The van der Waals surface area contributed by atoms with Crippen LogP contribution >= 0.6 is 0 Å². The van der Waals surface area contributed by atoms with Gasteiger partial charge in [0.2, 0.25) is 9.84 Å². The van der Waals surface area contributed by atoms with Crippen molar-refractivity contribution < 1.29 is 18.3 Å².